The fraction of sp³-hybridized carbons (Fsp3) is 0.500. The SMILES string of the molecule is Cc1cc(NC(=O)NC2CCC(C(=O)O)CC2)cc(C)c1Cl. The summed E-state index contributed by atoms with van der Waals surface area (Å²) < 4.78 is 0. The van der Waals surface area contributed by atoms with Gasteiger partial charge in [-0.2, -0.15) is 0 Å². The van der Waals surface area contributed by atoms with Gasteiger partial charge in [0.15, 0.2) is 0 Å². The first-order chi connectivity index (χ1) is 10.4. The normalized spacial score (nSPS) is 21.2. The Morgan fingerprint density at radius 2 is 1.68 bits per heavy atom. The molecule has 5 nitrogen and oxygen atoms in total. The van der Waals surface area contributed by atoms with Crippen LogP contribution in [0.1, 0.15) is 36.8 Å². The van der Waals surface area contributed by atoms with Crippen molar-refractivity contribution in [3.8, 4) is 0 Å². The van der Waals surface area contributed by atoms with Crippen LogP contribution < -0.4 is 10.6 Å². The summed E-state index contributed by atoms with van der Waals surface area (Å²) >= 11 is 6.10. The Morgan fingerprint density at radius 3 is 2.18 bits per heavy atom. The van der Waals surface area contributed by atoms with Crippen LogP contribution in [0.4, 0.5) is 10.5 Å². The smallest absolute Gasteiger partial charge is 0.319 e. The Balaban J connectivity index is 1.88. The summed E-state index contributed by atoms with van der Waals surface area (Å²) in [4.78, 5) is 22.9. The maximum atomic E-state index is 12.0. The molecule has 0 radical (unpaired) electrons. The van der Waals surface area contributed by atoms with Crippen molar-refractivity contribution < 1.29 is 14.7 Å². The Labute approximate surface area is 135 Å². The number of anilines is 1. The minimum absolute atomic E-state index is 0.0325. The van der Waals surface area contributed by atoms with E-state index in [0.29, 0.717) is 36.4 Å². The average molecular weight is 325 g/mol. The summed E-state index contributed by atoms with van der Waals surface area (Å²) in [6.07, 6.45) is 2.62. The van der Waals surface area contributed by atoms with Crippen LogP contribution in [0.25, 0.3) is 0 Å². The maximum absolute atomic E-state index is 12.0. The van der Waals surface area contributed by atoms with Crippen LogP contribution in [0.15, 0.2) is 12.1 Å². The van der Waals surface area contributed by atoms with Gasteiger partial charge in [0.05, 0.1) is 5.92 Å². The number of carbonyl (C=O) groups is 2. The lowest BCUT2D eigenvalue weighted by molar-refractivity contribution is -0.142. The summed E-state index contributed by atoms with van der Waals surface area (Å²) in [6.45, 7) is 3.79. The lowest BCUT2D eigenvalue weighted by Gasteiger charge is -2.26. The van der Waals surface area contributed by atoms with E-state index in [1.165, 1.54) is 0 Å². The summed E-state index contributed by atoms with van der Waals surface area (Å²) in [5, 5.41) is 15.4. The first kappa shape index (κ1) is 16.6. The lowest BCUT2D eigenvalue weighted by Crippen LogP contribution is -2.41. The molecular formula is C16H21ClN2O3. The molecule has 6 heteroatoms. The second-order valence-corrected chi connectivity index (χ2v) is 6.29. The predicted molar refractivity (Wildman–Crippen MR) is 86.5 cm³/mol. The highest BCUT2D eigenvalue weighted by molar-refractivity contribution is 6.32. The maximum Gasteiger partial charge on any atom is 0.319 e. The second-order valence-electron chi connectivity index (χ2n) is 5.91. The van der Waals surface area contributed by atoms with Crippen molar-refractivity contribution in [2.45, 2.75) is 45.6 Å². The van der Waals surface area contributed by atoms with E-state index in [1.54, 1.807) is 0 Å². The number of nitrogens with one attached hydrogen (secondary N) is 2. The minimum atomic E-state index is -0.741. The first-order valence-corrected chi connectivity index (χ1v) is 7.81. The summed E-state index contributed by atoms with van der Waals surface area (Å²) in [6, 6.07) is 3.43. The van der Waals surface area contributed by atoms with Gasteiger partial charge in [-0.15, -0.1) is 0 Å². The molecule has 0 aromatic heterocycles. The van der Waals surface area contributed by atoms with Crippen molar-refractivity contribution in [1.29, 1.82) is 0 Å². The van der Waals surface area contributed by atoms with Gasteiger partial charge in [0.2, 0.25) is 0 Å². The van der Waals surface area contributed by atoms with Crippen LogP contribution in [0.5, 0.6) is 0 Å². The van der Waals surface area contributed by atoms with E-state index in [9.17, 15) is 9.59 Å². The molecule has 120 valence electrons. The monoisotopic (exact) mass is 324 g/mol. The van der Waals surface area contributed by atoms with Crippen LogP contribution in [-0.2, 0) is 4.79 Å². The molecule has 1 aliphatic carbocycles. The van der Waals surface area contributed by atoms with Gasteiger partial charge >= 0.3 is 12.0 Å². The number of hydrogen-bond acceptors (Lipinski definition) is 2. The number of rotatable bonds is 3. The Morgan fingerprint density at radius 1 is 1.14 bits per heavy atom. The van der Waals surface area contributed by atoms with Gasteiger partial charge in [-0.05, 0) is 62.8 Å². The van der Waals surface area contributed by atoms with E-state index in [4.69, 9.17) is 16.7 Å². The van der Waals surface area contributed by atoms with Crippen LogP contribution in [0.3, 0.4) is 0 Å². The molecule has 2 amide bonds. The number of halogens is 1. The standard InChI is InChI=1S/C16H21ClN2O3/c1-9-7-13(8-10(2)14(9)17)19-16(22)18-12-5-3-11(4-6-12)15(20)21/h7-8,11-12H,3-6H2,1-2H3,(H,20,21)(H2,18,19,22). The highest BCUT2D eigenvalue weighted by atomic mass is 35.5. The Bertz CT molecular complexity index is 558. The number of aliphatic carboxylic acids is 1. The van der Waals surface area contributed by atoms with Gasteiger partial charge in [0, 0.05) is 16.8 Å². The molecular weight excluding hydrogens is 304 g/mol. The third kappa shape index (κ3) is 4.13. The van der Waals surface area contributed by atoms with Gasteiger partial charge in [0.25, 0.3) is 0 Å². The molecule has 0 aliphatic heterocycles. The largest absolute Gasteiger partial charge is 0.481 e. The molecule has 0 atom stereocenters. The predicted octanol–water partition coefficient (Wildman–Crippen LogP) is 3.72. The molecule has 1 aliphatic rings. The quantitative estimate of drug-likeness (QED) is 0.792. The number of carboxylic acids is 1. The van der Waals surface area contributed by atoms with E-state index >= 15 is 0 Å². The average Bonchev–Trinajstić information content (AvgIpc) is 2.45. The molecule has 1 aromatic carbocycles. The minimum Gasteiger partial charge on any atom is -0.481 e. The van der Waals surface area contributed by atoms with E-state index in [-0.39, 0.29) is 18.0 Å². The summed E-state index contributed by atoms with van der Waals surface area (Å²) in [5.74, 6) is -1.02. The van der Waals surface area contributed by atoms with Gasteiger partial charge in [-0.25, -0.2) is 4.79 Å². The molecule has 0 bridgehead atoms. The van der Waals surface area contributed by atoms with E-state index in [1.807, 2.05) is 26.0 Å². The zero-order valence-electron chi connectivity index (χ0n) is 12.8. The van der Waals surface area contributed by atoms with E-state index in [0.717, 1.165) is 11.1 Å². The van der Waals surface area contributed by atoms with Crippen molar-refractivity contribution in [3.05, 3.63) is 28.3 Å². The van der Waals surface area contributed by atoms with Gasteiger partial charge in [-0.3, -0.25) is 4.79 Å². The highest BCUT2D eigenvalue weighted by Crippen LogP contribution is 2.26. The van der Waals surface area contributed by atoms with Crippen LogP contribution in [-0.4, -0.2) is 23.1 Å². The Hall–Kier alpha value is -1.75. The van der Waals surface area contributed by atoms with Crippen molar-refractivity contribution in [1.82, 2.24) is 5.32 Å². The number of hydrogen-bond donors (Lipinski definition) is 3. The van der Waals surface area contributed by atoms with Gasteiger partial charge < -0.3 is 15.7 Å². The number of urea groups is 1. The van der Waals surface area contributed by atoms with Crippen LogP contribution in [0.2, 0.25) is 5.02 Å². The van der Waals surface area contributed by atoms with Crippen molar-refractivity contribution in [2.75, 3.05) is 5.32 Å². The number of aryl methyl sites for hydroxylation is 2. The topological polar surface area (TPSA) is 78.4 Å². The third-order valence-corrected chi connectivity index (χ3v) is 4.70. The molecule has 2 rings (SSSR count). The molecule has 1 saturated carbocycles. The van der Waals surface area contributed by atoms with E-state index < -0.39 is 5.97 Å². The molecule has 22 heavy (non-hydrogen) atoms. The van der Waals surface area contributed by atoms with Crippen LogP contribution in [0, 0.1) is 19.8 Å². The van der Waals surface area contributed by atoms with Gasteiger partial charge in [-0.1, -0.05) is 11.6 Å². The van der Waals surface area contributed by atoms with Crippen LogP contribution >= 0.6 is 11.6 Å². The molecule has 3 N–H and O–H groups in total. The molecule has 0 unspecified atom stereocenters. The summed E-state index contributed by atoms with van der Waals surface area (Å²) in [5.41, 5.74) is 2.54. The number of benzene rings is 1. The first-order valence-electron chi connectivity index (χ1n) is 7.44. The number of amides is 2. The molecule has 0 spiro atoms. The fourth-order valence-electron chi connectivity index (χ4n) is 2.86. The Kier molecular flexibility index (Phi) is 5.29. The zero-order valence-corrected chi connectivity index (χ0v) is 13.5. The second kappa shape index (κ2) is 7.01. The summed E-state index contributed by atoms with van der Waals surface area (Å²) in [7, 11) is 0. The van der Waals surface area contributed by atoms with Crippen molar-refractivity contribution in [3.63, 3.8) is 0 Å². The zero-order chi connectivity index (χ0) is 16.3. The van der Waals surface area contributed by atoms with E-state index in [2.05, 4.69) is 10.6 Å². The van der Waals surface area contributed by atoms with Gasteiger partial charge in [0.1, 0.15) is 0 Å². The van der Waals surface area contributed by atoms with Crippen molar-refractivity contribution in [2.24, 2.45) is 5.92 Å². The van der Waals surface area contributed by atoms with Crippen molar-refractivity contribution >= 4 is 29.3 Å². The number of carboxylic acid groups (broad SMARTS) is 1. The molecule has 1 aromatic rings. The third-order valence-electron chi connectivity index (χ3n) is 4.11. The molecule has 0 saturated heterocycles. The highest BCUT2D eigenvalue weighted by Gasteiger charge is 2.26. The molecule has 1 fully saturated rings. The lowest BCUT2D eigenvalue weighted by atomic mass is 9.86. The fourth-order valence-corrected chi connectivity index (χ4v) is 2.96. The molecule has 0 heterocycles. The number of carbonyl (C=O) groups excluding carboxylic acids is 1.